The van der Waals surface area contributed by atoms with Crippen molar-refractivity contribution >= 4 is 17.8 Å². The van der Waals surface area contributed by atoms with Gasteiger partial charge in [0.25, 0.3) is 0 Å². The van der Waals surface area contributed by atoms with E-state index in [2.05, 4.69) is 32.0 Å². The number of aliphatic carboxylic acids is 1. The molecule has 1 amide bonds. The van der Waals surface area contributed by atoms with Crippen molar-refractivity contribution in [1.29, 1.82) is 0 Å². The lowest BCUT2D eigenvalue weighted by molar-refractivity contribution is -0.161. The van der Waals surface area contributed by atoms with Gasteiger partial charge in [0.2, 0.25) is 5.91 Å². The molecule has 182 valence electrons. The number of rotatable bonds is 9. The fraction of sp³-hybridized carbons (Fsp3) is 0.444. The van der Waals surface area contributed by atoms with Crippen LogP contribution in [-0.4, -0.2) is 47.0 Å². The summed E-state index contributed by atoms with van der Waals surface area (Å²) in [7, 11) is 0. The third kappa shape index (κ3) is 6.83. The third-order valence-electron chi connectivity index (χ3n) is 6.30. The van der Waals surface area contributed by atoms with Gasteiger partial charge in [-0.3, -0.25) is 4.79 Å². The van der Waals surface area contributed by atoms with Gasteiger partial charge in [-0.05, 0) is 80.3 Å². The molecule has 0 spiro atoms. The lowest BCUT2D eigenvalue weighted by Crippen LogP contribution is -2.48. The van der Waals surface area contributed by atoms with E-state index in [0.717, 1.165) is 24.0 Å². The van der Waals surface area contributed by atoms with Crippen molar-refractivity contribution in [2.75, 3.05) is 13.2 Å². The lowest BCUT2D eigenvalue weighted by Gasteiger charge is -2.34. The van der Waals surface area contributed by atoms with Crippen LogP contribution in [-0.2, 0) is 25.5 Å². The van der Waals surface area contributed by atoms with Crippen LogP contribution in [0.15, 0.2) is 42.5 Å². The van der Waals surface area contributed by atoms with E-state index in [-0.39, 0.29) is 5.91 Å². The van der Waals surface area contributed by atoms with Crippen molar-refractivity contribution < 1.29 is 29.0 Å². The highest BCUT2D eigenvalue weighted by Crippen LogP contribution is 2.29. The molecule has 0 saturated carbocycles. The molecule has 0 aromatic heterocycles. The van der Waals surface area contributed by atoms with Gasteiger partial charge in [0.05, 0.1) is 0 Å². The summed E-state index contributed by atoms with van der Waals surface area (Å²) in [6.45, 7) is 5.72. The van der Waals surface area contributed by atoms with Crippen LogP contribution in [0, 0.1) is 13.8 Å². The minimum atomic E-state index is -1.07. The fourth-order valence-electron chi connectivity index (χ4n) is 4.27. The standard InChI is InChI=1S/C27H33NO6/c1-18-10-11-21(15-19(18)2)12-13-25(22-7-6-8-23(16-22)33-17-26(30)31)34-27(32)24-9-4-5-14-28(24)20(3)29/h6-8,10-11,15-16,24-25H,4-5,9,12-14,17H2,1-3H3,(H,30,31)/t24-,25+/m0/s1. The maximum atomic E-state index is 13.2. The largest absolute Gasteiger partial charge is 0.482 e. The average molecular weight is 468 g/mol. The van der Waals surface area contributed by atoms with Crippen LogP contribution < -0.4 is 4.74 Å². The molecule has 0 unspecified atom stereocenters. The Morgan fingerprint density at radius 3 is 2.59 bits per heavy atom. The molecule has 7 nitrogen and oxygen atoms in total. The highest BCUT2D eigenvalue weighted by Gasteiger charge is 2.33. The number of likely N-dealkylation sites (tertiary alicyclic amines) is 1. The predicted molar refractivity (Wildman–Crippen MR) is 128 cm³/mol. The molecule has 1 N–H and O–H groups in total. The molecule has 7 heteroatoms. The molecule has 1 saturated heterocycles. The van der Waals surface area contributed by atoms with Crippen molar-refractivity contribution in [3.63, 3.8) is 0 Å². The molecule has 0 radical (unpaired) electrons. The Hall–Kier alpha value is -3.35. The first-order valence-electron chi connectivity index (χ1n) is 11.7. The summed E-state index contributed by atoms with van der Waals surface area (Å²) in [4.78, 5) is 37.7. The number of carbonyl (C=O) groups is 3. The van der Waals surface area contributed by atoms with E-state index in [0.29, 0.717) is 31.6 Å². The second-order valence-corrected chi connectivity index (χ2v) is 8.86. The first-order valence-corrected chi connectivity index (χ1v) is 11.7. The highest BCUT2D eigenvalue weighted by molar-refractivity contribution is 5.83. The maximum Gasteiger partial charge on any atom is 0.341 e. The van der Waals surface area contributed by atoms with Crippen LogP contribution in [0.2, 0.25) is 0 Å². The molecule has 1 aliphatic rings. The zero-order valence-electron chi connectivity index (χ0n) is 20.1. The monoisotopic (exact) mass is 467 g/mol. The number of ether oxygens (including phenoxy) is 2. The zero-order valence-corrected chi connectivity index (χ0v) is 20.1. The second-order valence-electron chi connectivity index (χ2n) is 8.86. The molecular formula is C27H33NO6. The summed E-state index contributed by atoms with van der Waals surface area (Å²) in [6.07, 6.45) is 3.02. The number of esters is 1. The van der Waals surface area contributed by atoms with E-state index in [1.165, 1.54) is 18.1 Å². The summed E-state index contributed by atoms with van der Waals surface area (Å²) in [5.41, 5.74) is 4.29. The minimum Gasteiger partial charge on any atom is -0.482 e. The number of aryl methyl sites for hydroxylation is 3. The summed E-state index contributed by atoms with van der Waals surface area (Å²) in [5, 5.41) is 8.91. The molecule has 2 atom stereocenters. The van der Waals surface area contributed by atoms with Gasteiger partial charge in [-0.1, -0.05) is 30.3 Å². The molecule has 1 fully saturated rings. The summed E-state index contributed by atoms with van der Waals surface area (Å²) in [6, 6.07) is 12.7. The van der Waals surface area contributed by atoms with E-state index in [4.69, 9.17) is 14.6 Å². The number of carboxylic acid groups (broad SMARTS) is 1. The summed E-state index contributed by atoms with van der Waals surface area (Å²) in [5.74, 6) is -1.20. The molecule has 1 heterocycles. The van der Waals surface area contributed by atoms with Gasteiger partial charge in [0, 0.05) is 13.5 Å². The Balaban J connectivity index is 1.81. The number of benzene rings is 2. The molecular weight excluding hydrogens is 434 g/mol. The van der Waals surface area contributed by atoms with E-state index in [1.807, 2.05) is 6.07 Å². The van der Waals surface area contributed by atoms with Gasteiger partial charge in [0.15, 0.2) is 6.61 Å². The molecule has 3 rings (SSSR count). The molecule has 34 heavy (non-hydrogen) atoms. The van der Waals surface area contributed by atoms with Crippen LogP contribution in [0.5, 0.6) is 5.75 Å². The smallest absolute Gasteiger partial charge is 0.341 e. The lowest BCUT2D eigenvalue weighted by atomic mass is 9.98. The SMILES string of the molecule is CC(=O)N1CCCC[C@H]1C(=O)O[C@H](CCc1ccc(C)c(C)c1)c1cccc(OCC(=O)O)c1. The quantitative estimate of drug-likeness (QED) is 0.550. The predicted octanol–water partition coefficient (Wildman–Crippen LogP) is 4.38. The first-order chi connectivity index (χ1) is 16.2. The molecule has 2 aromatic carbocycles. The summed E-state index contributed by atoms with van der Waals surface area (Å²) >= 11 is 0. The zero-order chi connectivity index (χ0) is 24.7. The Morgan fingerprint density at radius 2 is 1.88 bits per heavy atom. The molecule has 2 aromatic rings. The van der Waals surface area contributed by atoms with Crippen LogP contribution in [0.25, 0.3) is 0 Å². The van der Waals surface area contributed by atoms with Gasteiger partial charge < -0.3 is 19.5 Å². The van der Waals surface area contributed by atoms with Crippen molar-refractivity contribution in [1.82, 2.24) is 4.90 Å². The Morgan fingerprint density at radius 1 is 1.09 bits per heavy atom. The van der Waals surface area contributed by atoms with Crippen molar-refractivity contribution in [2.24, 2.45) is 0 Å². The number of nitrogens with zero attached hydrogens (tertiary/aromatic N) is 1. The number of carbonyl (C=O) groups excluding carboxylic acids is 2. The van der Waals surface area contributed by atoms with E-state index in [1.54, 1.807) is 23.1 Å². The number of hydrogen-bond donors (Lipinski definition) is 1. The topological polar surface area (TPSA) is 93.1 Å². The van der Waals surface area contributed by atoms with Gasteiger partial charge >= 0.3 is 11.9 Å². The maximum absolute atomic E-state index is 13.2. The van der Waals surface area contributed by atoms with Gasteiger partial charge in [-0.2, -0.15) is 0 Å². The molecule has 0 aliphatic carbocycles. The number of carboxylic acids is 1. The summed E-state index contributed by atoms with van der Waals surface area (Å²) < 4.78 is 11.3. The number of hydrogen-bond acceptors (Lipinski definition) is 5. The number of piperidine rings is 1. The Bertz CT molecular complexity index is 1030. The van der Waals surface area contributed by atoms with Crippen LogP contribution >= 0.6 is 0 Å². The first kappa shape index (κ1) is 25.3. The minimum absolute atomic E-state index is 0.127. The Kier molecular flexibility index (Phi) is 8.68. The van der Waals surface area contributed by atoms with Gasteiger partial charge in [0.1, 0.15) is 17.9 Å². The van der Waals surface area contributed by atoms with Crippen LogP contribution in [0.1, 0.15) is 61.0 Å². The van der Waals surface area contributed by atoms with Gasteiger partial charge in [-0.25, -0.2) is 9.59 Å². The normalized spacial score (nSPS) is 16.6. The third-order valence-corrected chi connectivity index (χ3v) is 6.30. The van der Waals surface area contributed by atoms with E-state index < -0.39 is 30.7 Å². The number of amides is 1. The molecule has 0 bridgehead atoms. The van der Waals surface area contributed by atoms with Crippen LogP contribution in [0.4, 0.5) is 0 Å². The van der Waals surface area contributed by atoms with Crippen molar-refractivity contribution in [2.45, 2.75) is 65.0 Å². The highest BCUT2D eigenvalue weighted by atomic mass is 16.5. The van der Waals surface area contributed by atoms with E-state index in [9.17, 15) is 14.4 Å². The van der Waals surface area contributed by atoms with Crippen molar-refractivity contribution in [3.8, 4) is 5.75 Å². The molecule has 1 aliphatic heterocycles. The van der Waals surface area contributed by atoms with Crippen molar-refractivity contribution in [3.05, 3.63) is 64.7 Å². The second kappa shape index (κ2) is 11.7. The van der Waals surface area contributed by atoms with Gasteiger partial charge in [-0.15, -0.1) is 0 Å². The van der Waals surface area contributed by atoms with E-state index >= 15 is 0 Å². The van der Waals surface area contributed by atoms with Crippen LogP contribution in [0.3, 0.4) is 0 Å². The Labute approximate surface area is 200 Å². The average Bonchev–Trinajstić information content (AvgIpc) is 2.82. The fourth-order valence-corrected chi connectivity index (χ4v) is 4.27.